The van der Waals surface area contributed by atoms with E-state index in [-0.39, 0.29) is 11.4 Å². The fourth-order valence-electron chi connectivity index (χ4n) is 4.66. The second kappa shape index (κ2) is 9.21. The van der Waals surface area contributed by atoms with Gasteiger partial charge in [-0.1, -0.05) is 0 Å². The van der Waals surface area contributed by atoms with E-state index in [1.165, 1.54) is 29.5 Å². The van der Waals surface area contributed by atoms with Crippen LogP contribution in [0.2, 0.25) is 0 Å². The summed E-state index contributed by atoms with van der Waals surface area (Å²) < 4.78 is 16.5. The predicted octanol–water partition coefficient (Wildman–Crippen LogP) is 3.25. The third-order valence-electron chi connectivity index (χ3n) is 6.63. The Hall–Kier alpha value is -3.87. The van der Waals surface area contributed by atoms with Crippen molar-refractivity contribution in [3.05, 3.63) is 73.6 Å². The number of aromatic nitrogens is 4. The Bertz CT molecular complexity index is 1580. The van der Waals surface area contributed by atoms with Crippen molar-refractivity contribution in [1.29, 1.82) is 0 Å². The smallest absolute Gasteiger partial charge is 0.287 e. The van der Waals surface area contributed by atoms with Gasteiger partial charge < -0.3 is 15.7 Å². The van der Waals surface area contributed by atoms with E-state index in [0.717, 1.165) is 42.2 Å². The number of aromatic amines is 1. The van der Waals surface area contributed by atoms with Crippen LogP contribution in [0.3, 0.4) is 0 Å². The molecule has 0 spiro atoms. The number of halogens is 1. The molecule has 4 N–H and O–H groups in total. The van der Waals surface area contributed by atoms with Crippen LogP contribution < -0.4 is 16.2 Å². The van der Waals surface area contributed by atoms with Crippen molar-refractivity contribution in [2.24, 2.45) is 0 Å². The predicted molar refractivity (Wildman–Crippen MR) is 138 cm³/mol. The summed E-state index contributed by atoms with van der Waals surface area (Å²) in [6, 6.07) is 9.37. The molecule has 0 fully saturated rings. The molecule has 4 heterocycles. The minimum absolute atomic E-state index is 0.00925. The number of hydrogen-bond donors (Lipinski definition) is 4. The Morgan fingerprint density at radius 2 is 2.08 bits per heavy atom. The van der Waals surface area contributed by atoms with Crippen LogP contribution in [0.5, 0.6) is 0 Å². The van der Waals surface area contributed by atoms with E-state index in [2.05, 4.69) is 30.8 Å². The topological polar surface area (TPSA) is 128 Å². The summed E-state index contributed by atoms with van der Waals surface area (Å²) in [4.78, 5) is 28.8. The van der Waals surface area contributed by atoms with Gasteiger partial charge in [0, 0.05) is 29.6 Å². The fourth-order valence-corrected chi connectivity index (χ4v) is 5.79. The highest BCUT2D eigenvalue weighted by atomic mass is 32.1. The molecule has 2 aliphatic rings. The number of anilines is 3. The highest BCUT2D eigenvalue weighted by Crippen LogP contribution is 2.37. The number of thiophene rings is 1. The summed E-state index contributed by atoms with van der Waals surface area (Å²) in [6.07, 6.45) is 0.824. The second-order valence-electron chi connectivity index (χ2n) is 9.30. The van der Waals surface area contributed by atoms with E-state index in [9.17, 15) is 19.1 Å². The number of aryl methyl sites for hydroxylation is 1. The number of likely N-dealkylation sites (N-methyl/N-ethyl adjacent to an activating group) is 1. The van der Waals surface area contributed by atoms with Gasteiger partial charge in [-0.2, -0.15) is 10.2 Å². The highest BCUT2D eigenvalue weighted by molar-refractivity contribution is 7.14. The van der Waals surface area contributed by atoms with Crippen LogP contribution in [0.1, 0.15) is 38.3 Å². The number of carbonyl (C=O) groups excluding carboxylic acids is 1. The maximum atomic E-state index is 14.6. The van der Waals surface area contributed by atoms with E-state index in [4.69, 9.17) is 0 Å². The number of fused-ring (bicyclic) bond motifs is 2. The minimum atomic E-state index is -0.599. The molecule has 190 valence electrons. The molecule has 0 unspecified atom stereocenters. The average molecular weight is 522 g/mol. The first-order chi connectivity index (χ1) is 17.8. The van der Waals surface area contributed by atoms with Crippen molar-refractivity contribution < 1.29 is 14.3 Å². The number of benzene rings is 1. The normalized spacial score (nSPS) is 16.9. The summed E-state index contributed by atoms with van der Waals surface area (Å²) in [7, 11) is 2.04. The zero-order valence-electron chi connectivity index (χ0n) is 19.9. The molecule has 4 aromatic rings. The van der Waals surface area contributed by atoms with Crippen LogP contribution in [-0.2, 0) is 19.5 Å². The number of nitrogens with one attached hydrogen (secondary N) is 3. The molecule has 0 bridgehead atoms. The lowest BCUT2D eigenvalue weighted by molar-refractivity contribution is 0.103. The number of aliphatic hydroxyl groups excluding tert-OH is 1. The number of H-pyrrole nitrogens is 1. The standard InChI is InChI=1S/C25H24FN7O3S/c1-32-6-7-33-14(12-32)9-23(31-33)27-19-11-17(29-30-24(19)35)13-2-3-16(26)18(8-13)28-25(36)22-10-15-20(34)4-5-21(15)37-22/h2-3,8-11,20,34H,4-7,12H2,1H3,(H,28,36)(H,30,35)(H,27,29,31)/t20-/m0/s1. The Kier molecular flexibility index (Phi) is 5.86. The van der Waals surface area contributed by atoms with Crippen LogP contribution in [0, 0.1) is 5.82 Å². The lowest BCUT2D eigenvalue weighted by atomic mass is 10.1. The molecular formula is C25H24FN7O3S. The highest BCUT2D eigenvalue weighted by Gasteiger charge is 2.25. The summed E-state index contributed by atoms with van der Waals surface area (Å²) in [6.45, 7) is 2.43. The van der Waals surface area contributed by atoms with Gasteiger partial charge in [0.25, 0.3) is 11.5 Å². The van der Waals surface area contributed by atoms with Gasteiger partial charge >= 0.3 is 0 Å². The second-order valence-corrected chi connectivity index (χ2v) is 10.4. The first kappa shape index (κ1) is 23.5. The summed E-state index contributed by atoms with van der Waals surface area (Å²) in [5, 5.41) is 26.8. The zero-order chi connectivity index (χ0) is 25.7. The summed E-state index contributed by atoms with van der Waals surface area (Å²) in [5.41, 5.74) is 2.53. The molecule has 1 aliphatic carbocycles. The number of hydrogen-bond acceptors (Lipinski definition) is 8. The van der Waals surface area contributed by atoms with Gasteiger partial charge in [-0.05, 0) is 55.8 Å². The first-order valence-electron chi connectivity index (χ1n) is 11.9. The number of aliphatic hydroxyl groups is 1. The molecule has 1 atom stereocenters. The molecule has 6 rings (SSSR count). The molecule has 1 amide bonds. The van der Waals surface area contributed by atoms with Crippen LogP contribution in [0.4, 0.5) is 21.6 Å². The molecule has 0 saturated carbocycles. The van der Waals surface area contributed by atoms with Crippen LogP contribution in [0.15, 0.2) is 41.2 Å². The Labute approximate surface area is 214 Å². The molecule has 1 aliphatic heterocycles. The molecule has 0 saturated heterocycles. The monoisotopic (exact) mass is 521 g/mol. The van der Waals surface area contributed by atoms with Crippen molar-refractivity contribution in [1.82, 2.24) is 24.9 Å². The first-order valence-corrected chi connectivity index (χ1v) is 12.7. The van der Waals surface area contributed by atoms with Gasteiger partial charge in [-0.25, -0.2) is 9.49 Å². The van der Waals surface area contributed by atoms with Crippen molar-refractivity contribution in [2.75, 3.05) is 24.2 Å². The largest absolute Gasteiger partial charge is 0.388 e. The van der Waals surface area contributed by atoms with E-state index in [1.54, 1.807) is 12.1 Å². The Morgan fingerprint density at radius 3 is 2.92 bits per heavy atom. The fraction of sp³-hybridized carbons (Fsp3) is 0.280. The van der Waals surface area contributed by atoms with Gasteiger partial charge in [0.05, 0.1) is 34.6 Å². The molecule has 3 aromatic heterocycles. The lowest BCUT2D eigenvalue weighted by Crippen LogP contribution is -2.30. The number of rotatable bonds is 5. The minimum Gasteiger partial charge on any atom is -0.388 e. The van der Waals surface area contributed by atoms with Crippen molar-refractivity contribution in [2.45, 2.75) is 32.0 Å². The average Bonchev–Trinajstić information content (AvgIpc) is 3.57. The SMILES string of the molecule is CN1CCn2nc(Nc3cc(-c4ccc(F)c(NC(=O)c5cc6c(s5)CC[C@@H]6O)c4)n[nH]c3=O)cc2C1. The van der Waals surface area contributed by atoms with Crippen molar-refractivity contribution >= 4 is 34.4 Å². The number of amides is 1. The Morgan fingerprint density at radius 1 is 1.22 bits per heavy atom. The van der Waals surface area contributed by atoms with Crippen molar-refractivity contribution in [3.8, 4) is 11.3 Å². The maximum absolute atomic E-state index is 14.6. The zero-order valence-corrected chi connectivity index (χ0v) is 20.7. The Balaban J connectivity index is 1.24. The van der Waals surface area contributed by atoms with Gasteiger partial charge in [-0.3, -0.25) is 19.2 Å². The van der Waals surface area contributed by atoms with Gasteiger partial charge in [0.15, 0.2) is 5.82 Å². The van der Waals surface area contributed by atoms with Gasteiger partial charge in [0.1, 0.15) is 11.5 Å². The van der Waals surface area contributed by atoms with E-state index in [1.807, 2.05) is 17.8 Å². The summed E-state index contributed by atoms with van der Waals surface area (Å²) >= 11 is 1.31. The van der Waals surface area contributed by atoms with E-state index in [0.29, 0.717) is 28.4 Å². The van der Waals surface area contributed by atoms with Gasteiger partial charge in [0.2, 0.25) is 0 Å². The van der Waals surface area contributed by atoms with E-state index >= 15 is 0 Å². The van der Waals surface area contributed by atoms with E-state index < -0.39 is 23.4 Å². The third-order valence-corrected chi connectivity index (χ3v) is 7.84. The molecule has 10 nitrogen and oxygen atoms in total. The quantitative estimate of drug-likeness (QED) is 0.317. The molecule has 37 heavy (non-hydrogen) atoms. The van der Waals surface area contributed by atoms with Gasteiger partial charge in [-0.15, -0.1) is 11.3 Å². The molecule has 1 aromatic carbocycles. The van der Waals surface area contributed by atoms with Crippen LogP contribution in [-0.4, -0.2) is 49.5 Å². The maximum Gasteiger partial charge on any atom is 0.287 e. The third kappa shape index (κ3) is 4.54. The number of nitrogens with zero attached hydrogens (tertiary/aromatic N) is 4. The molecule has 0 radical (unpaired) electrons. The summed E-state index contributed by atoms with van der Waals surface area (Å²) in [5.74, 6) is -0.501. The lowest BCUT2D eigenvalue weighted by Gasteiger charge is -2.22. The molecule has 12 heteroatoms. The molecular weight excluding hydrogens is 497 g/mol. The number of carbonyl (C=O) groups is 1. The van der Waals surface area contributed by atoms with Crippen molar-refractivity contribution in [3.63, 3.8) is 0 Å². The van der Waals surface area contributed by atoms with Crippen LogP contribution in [0.25, 0.3) is 11.3 Å². The van der Waals surface area contributed by atoms with Crippen LogP contribution >= 0.6 is 11.3 Å².